The zero-order valence-electron chi connectivity index (χ0n) is 9.02. The van der Waals surface area contributed by atoms with Crippen molar-refractivity contribution in [2.45, 2.75) is 31.3 Å². The van der Waals surface area contributed by atoms with Crippen LogP contribution in [0.25, 0.3) is 0 Å². The Bertz CT molecular complexity index is 306. The van der Waals surface area contributed by atoms with Gasteiger partial charge in [-0.15, -0.1) is 0 Å². The average Bonchev–Trinajstić information content (AvgIpc) is 2.83. The molecule has 15 heavy (non-hydrogen) atoms. The Morgan fingerprint density at radius 1 is 1.20 bits per heavy atom. The van der Waals surface area contributed by atoms with E-state index in [1.165, 1.54) is 12.8 Å². The van der Waals surface area contributed by atoms with Gasteiger partial charge >= 0.3 is 0 Å². The lowest BCUT2D eigenvalue weighted by atomic mass is 9.80. The third-order valence-electron chi connectivity index (χ3n) is 3.62. The number of nitrogens with two attached hydrogens (primary N) is 1. The van der Waals surface area contributed by atoms with Crippen molar-refractivity contribution in [2.75, 3.05) is 6.54 Å². The fourth-order valence-corrected chi connectivity index (χ4v) is 2.65. The maximum absolute atomic E-state index is 10.7. The van der Waals surface area contributed by atoms with E-state index < -0.39 is 5.60 Å². The molecule has 82 valence electrons. The van der Waals surface area contributed by atoms with E-state index >= 15 is 0 Å². The lowest BCUT2D eigenvalue weighted by molar-refractivity contribution is -0.0131. The SMILES string of the molecule is NCC(O)(c1ccccc1)C1CCCC1. The molecule has 0 aromatic heterocycles. The molecule has 1 aliphatic carbocycles. The summed E-state index contributed by atoms with van der Waals surface area (Å²) in [6, 6.07) is 9.85. The Labute approximate surface area is 91.1 Å². The predicted molar refractivity (Wildman–Crippen MR) is 61.4 cm³/mol. The van der Waals surface area contributed by atoms with Crippen LogP contribution in [0.2, 0.25) is 0 Å². The molecule has 1 saturated carbocycles. The first-order chi connectivity index (χ1) is 7.27. The fourth-order valence-electron chi connectivity index (χ4n) is 2.65. The summed E-state index contributed by atoms with van der Waals surface area (Å²) in [5.74, 6) is 0.338. The van der Waals surface area contributed by atoms with Crippen LogP contribution in [0.5, 0.6) is 0 Å². The second-order valence-electron chi connectivity index (χ2n) is 4.48. The highest BCUT2D eigenvalue weighted by Gasteiger charge is 2.38. The molecule has 1 unspecified atom stereocenters. The molecule has 0 saturated heterocycles. The summed E-state index contributed by atoms with van der Waals surface area (Å²) in [6.45, 7) is 0.321. The van der Waals surface area contributed by atoms with Gasteiger partial charge in [0.15, 0.2) is 0 Å². The van der Waals surface area contributed by atoms with E-state index in [4.69, 9.17) is 5.73 Å². The average molecular weight is 205 g/mol. The maximum Gasteiger partial charge on any atom is 0.105 e. The summed E-state index contributed by atoms with van der Waals surface area (Å²) < 4.78 is 0. The van der Waals surface area contributed by atoms with Crippen molar-refractivity contribution >= 4 is 0 Å². The number of hydrogen-bond donors (Lipinski definition) is 2. The number of benzene rings is 1. The van der Waals surface area contributed by atoms with Gasteiger partial charge in [0.1, 0.15) is 5.60 Å². The molecule has 0 aliphatic heterocycles. The van der Waals surface area contributed by atoms with Crippen molar-refractivity contribution < 1.29 is 5.11 Å². The van der Waals surface area contributed by atoms with E-state index in [2.05, 4.69) is 0 Å². The molecule has 1 aromatic carbocycles. The van der Waals surface area contributed by atoms with E-state index in [1.807, 2.05) is 30.3 Å². The van der Waals surface area contributed by atoms with Gasteiger partial charge in [0.05, 0.1) is 0 Å². The van der Waals surface area contributed by atoms with Crippen LogP contribution in [-0.4, -0.2) is 11.7 Å². The Hall–Kier alpha value is -0.860. The third kappa shape index (κ3) is 1.92. The van der Waals surface area contributed by atoms with Gasteiger partial charge in [-0.05, 0) is 24.3 Å². The zero-order chi connectivity index (χ0) is 10.7. The minimum absolute atomic E-state index is 0.321. The lowest BCUT2D eigenvalue weighted by Gasteiger charge is -2.33. The molecule has 2 rings (SSSR count). The van der Waals surface area contributed by atoms with Crippen LogP contribution in [0.15, 0.2) is 30.3 Å². The van der Waals surface area contributed by atoms with Gasteiger partial charge < -0.3 is 10.8 Å². The first-order valence-corrected chi connectivity index (χ1v) is 5.75. The second kappa shape index (κ2) is 4.33. The van der Waals surface area contributed by atoms with Crippen molar-refractivity contribution in [3.63, 3.8) is 0 Å². The Morgan fingerprint density at radius 3 is 2.33 bits per heavy atom. The molecule has 3 N–H and O–H groups in total. The van der Waals surface area contributed by atoms with Crippen LogP contribution >= 0.6 is 0 Å². The molecule has 0 amide bonds. The maximum atomic E-state index is 10.7. The summed E-state index contributed by atoms with van der Waals surface area (Å²) in [5, 5.41) is 10.7. The van der Waals surface area contributed by atoms with Gasteiger partial charge in [-0.25, -0.2) is 0 Å². The van der Waals surface area contributed by atoms with Crippen molar-refractivity contribution in [1.29, 1.82) is 0 Å². The minimum Gasteiger partial charge on any atom is -0.384 e. The van der Waals surface area contributed by atoms with Crippen molar-refractivity contribution in [2.24, 2.45) is 11.7 Å². The van der Waals surface area contributed by atoms with E-state index in [0.29, 0.717) is 12.5 Å². The van der Waals surface area contributed by atoms with Gasteiger partial charge in [-0.3, -0.25) is 0 Å². The Morgan fingerprint density at radius 2 is 1.80 bits per heavy atom. The van der Waals surface area contributed by atoms with Crippen molar-refractivity contribution in [3.8, 4) is 0 Å². The normalized spacial score (nSPS) is 21.5. The van der Waals surface area contributed by atoms with E-state index in [0.717, 1.165) is 18.4 Å². The molecule has 1 fully saturated rings. The van der Waals surface area contributed by atoms with Gasteiger partial charge in [-0.2, -0.15) is 0 Å². The molecule has 1 aromatic rings. The predicted octanol–water partition coefficient (Wildman–Crippen LogP) is 2.02. The molecule has 0 spiro atoms. The molecule has 2 heteroatoms. The topological polar surface area (TPSA) is 46.2 Å². The van der Waals surface area contributed by atoms with Gasteiger partial charge in [0.25, 0.3) is 0 Å². The summed E-state index contributed by atoms with van der Waals surface area (Å²) in [4.78, 5) is 0. The van der Waals surface area contributed by atoms with E-state index in [-0.39, 0.29) is 0 Å². The fraction of sp³-hybridized carbons (Fsp3) is 0.538. The lowest BCUT2D eigenvalue weighted by Crippen LogP contribution is -2.41. The number of rotatable bonds is 3. The smallest absolute Gasteiger partial charge is 0.105 e. The third-order valence-corrected chi connectivity index (χ3v) is 3.62. The van der Waals surface area contributed by atoms with Crippen LogP contribution in [0.4, 0.5) is 0 Å². The molecule has 2 nitrogen and oxygen atoms in total. The monoisotopic (exact) mass is 205 g/mol. The van der Waals surface area contributed by atoms with E-state index in [1.54, 1.807) is 0 Å². The summed E-state index contributed by atoms with van der Waals surface area (Å²) in [5.41, 5.74) is 5.93. The molecule has 1 aliphatic rings. The van der Waals surface area contributed by atoms with Gasteiger partial charge in [-0.1, -0.05) is 43.2 Å². The van der Waals surface area contributed by atoms with Crippen molar-refractivity contribution in [3.05, 3.63) is 35.9 Å². The van der Waals surface area contributed by atoms with Crippen LogP contribution < -0.4 is 5.73 Å². The molecule has 0 bridgehead atoms. The Kier molecular flexibility index (Phi) is 3.08. The second-order valence-corrected chi connectivity index (χ2v) is 4.48. The van der Waals surface area contributed by atoms with Crippen LogP contribution in [0.3, 0.4) is 0 Å². The first kappa shape index (κ1) is 10.7. The summed E-state index contributed by atoms with van der Waals surface area (Å²) in [6.07, 6.45) is 4.64. The summed E-state index contributed by atoms with van der Waals surface area (Å²) in [7, 11) is 0. The largest absolute Gasteiger partial charge is 0.384 e. The molecule has 0 radical (unpaired) electrons. The highest BCUT2D eigenvalue weighted by atomic mass is 16.3. The van der Waals surface area contributed by atoms with Crippen molar-refractivity contribution in [1.82, 2.24) is 0 Å². The molecule has 0 heterocycles. The van der Waals surface area contributed by atoms with Gasteiger partial charge in [0.2, 0.25) is 0 Å². The van der Waals surface area contributed by atoms with Crippen LogP contribution in [0, 0.1) is 5.92 Å². The highest BCUT2D eigenvalue weighted by molar-refractivity contribution is 5.24. The van der Waals surface area contributed by atoms with E-state index in [9.17, 15) is 5.11 Å². The number of aliphatic hydroxyl groups is 1. The highest BCUT2D eigenvalue weighted by Crippen LogP contribution is 2.39. The van der Waals surface area contributed by atoms with Gasteiger partial charge in [0, 0.05) is 6.54 Å². The Balaban J connectivity index is 2.28. The quantitative estimate of drug-likeness (QED) is 0.793. The standard InChI is InChI=1S/C13H19NO/c14-10-13(15,12-8-4-5-9-12)11-6-2-1-3-7-11/h1-3,6-7,12,15H,4-5,8-10,14H2. The number of hydrogen-bond acceptors (Lipinski definition) is 2. The van der Waals surface area contributed by atoms with Crippen LogP contribution in [0.1, 0.15) is 31.2 Å². The summed E-state index contributed by atoms with van der Waals surface area (Å²) >= 11 is 0. The molecular weight excluding hydrogens is 186 g/mol. The molecular formula is C13H19NO. The first-order valence-electron chi connectivity index (χ1n) is 5.75. The minimum atomic E-state index is -0.808. The molecule has 1 atom stereocenters. The zero-order valence-corrected chi connectivity index (χ0v) is 9.02. The van der Waals surface area contributed by atoms with Crippen LogP contribution in [-0.2, 0) is 5.60 Å².